The van der Waals surface area contributed by atoms with Crippen molar-refractivity contribution in [2.75, 3.05) is 32.7 Å². The van der Waals surface area contributed by atoms with Crippen LogP contribution in [0.2, 0.25) is 0 Å². The first-order valence-corrected chi connectivity index (χ1v) is 6.43. The van der Waals surface area contributed by atoms with Crippen LogP contribution >= 0.6 is 0 Å². The van der Waals surface area contributed by atoms with Crippen molar-refractivity contribution in [3.63, 3.8) is 0 Å². The average molecular weight is 281 g/mol. The monoisotopic (exact) mass is 281 g/mol. The molecule has 0 radical (unpaired) electrons. The molecular weight excluding hydrogens is 259 g/mol. The van der Waals surface area contributed by atoms with Crippen LogP contribution in [0.25, 0.3) is 0 Å². The highest BCUT2D eigenvalue weighted by Crippen LogP contribution is 2.18. The van der Waals surface area contributed by atoms with E-state index in [0.717, 1.165) is 0 Å². The van der Waals surface area contributed by atoms with E-state index in [9.17, 15) is 18.0 Å². The second-order valence-electron chi connectivity index (χ2n) is 5.76. The minimum atomic E-state index is -4.17. The van der Waals surface area contributed by atoms with E-state index in [1.165, 1.54) is 4.90 Å². The molecule has 0 aromatic heterocycles. The molecule has 0 atom stereocenters. The van der Waals surface area contributed by atoms with Gasteiger partial charge in [-0.05, 0) is 20.3 Å². The summed E-state index contributed by atoms with van der Waals surface area (Å²) < 4.78 is 36.6. The molecule has 0 spiro atoms. The summed E-state index contributed by atoms with van der Waals surface area (Å²) in [6, 6.07) is 0. The van der Waals surface area contributed by atoms with Crippen LogP contribution in [0.15, 0.2) is 0 Å². The van der Waals surface area contributed by atoms with E-state index in [1.807, 2.05) is 13.8 Å². The van der Waals surface area contributed by atoms with Crippen molar-refractivity contribution in [3.05, 3.63) is 0 Å². The molecule has 0 bridgehead atoms. The molecule has 4 nitrogen and oxygen atoms in total. The fourth-order valence-electron chi connectivity index (χ4n) is 2.00. The Morgan fingerprint density at radius 2 is 1.68 bits per heavy atom. The lowest BCUT2D eigenvalue weighted by atomic mass is 9.99. The topological polar surface area (TPSA) is 49.6 Å². The van der Waals surface area contributed by atoms with Crippen LogP contribution in [0.5, 0.6) is 0 Å². The summed E-state index contributed by atoms with van der Waals surface area (Å²) in [5.41, 5.74) is 5.41. The molecule has 1 aliphatic rings. The molecule has 0 unspecified atom stereocenters. The molecule has 0 aliphatic carbocycles. The number of halogens is 3. The van der Waals surface area contributed by atoms with Gasteiger partial charge < -0.3 is 10.6 Å². The molecule has 1 rings (SSSR count). The zero-order chi connectivity index (χ0) is 14.7. The van der Waals surface area contributed by atoms with Crippen LogP contribution in [-0.4, -0.2) is 60.1 Å². The summed E-state index contributed by atoms with van der Waals surface area (Å²) in [4.78, 5) is 14.8. The maximum Gasteiger partial charge on any atom is 0.401 e. The van der Waals surface area contributed by atoms with Crippen LogP contribution in [0.1, 0.15) is 26.7 Å². The number of alkyl halides is 3. The molecule has 1 amide bonds. The summed E-state index contributed by atoms with van der Waals surface area (Å²) in [6.45, 7) is 4.07. The smallest absolute Gasteiger partial charge is 0.340 e. The Bertz CT molecular complexity index is 304. The van der Waals surface area contributed by atoms with Gasteiger partial charge in [-0.3, -0.25) is 9.69 Å². The Morgan fingerprint density at radius 3 is 2.11 bits per heavy atom. The van der Waals surface area contributed by atoms with Crippen molar-refractivity contribution in [1.29, 1.82) is 0 Å². The van der Waals surface area contributed by atoms with Gasteiger partial charge in [0.1, 0.15) is 0 Å². The van der Waals surface area contributed by atoms with Gasteiger partial charge in [0.2, 0.25) is 5.91 Å². The molecule has 7 heteroatoms. The standard InChI is InChI=1S/C12H22F3N3O/c1-11(2,16)4-3-10(19)18-7-5-17(6-8-18)9-12(13,14)15/h3-9,16H2,1-2H3. The molecule has 1 heterocycles. The van der Waals surface area contributed by atoms with Gasteiger partial charge in [0, 0.05) is 38.1 Å². The number of nitrogens with two attached hydrogens (primary N) is 1. The van der Waals surface area contributed by atoms with Gasteiger partial charge in [-0.25, -0.2) is 0 Å². The van der Waals surface area contributed by atoms with Crippen LogP contribution in [0, 0.1) is 0 Å². The van der Waals surface area contributed by atoms with Crippen LogP contribution in [0.3, 0.4) is 0 Å². The van der Waals surface area contributed by atoms with E-state index < -0.39 is 18.3 Å². The first-order chi connectivity index (χ1) is 8.57. The lowest BCUT2D eigenvalue weighted by molar-refractivity contribution is -0.151. The van der Waals surface area contributed by atoms with E-state index >= 15 is 0 Å². The van der Waals surface area contributed by atoms with Crippen molar-refractivity contribution in [3.8, 4) is 0 Å². The van der Waals surface area contributed by atoms with Crippen LogP contribution < -0.4 is 5.73 Å². The fourth-order valence-corrected chi connectivity index (χ4v) is 2.00. The molecule has 1 aliphatic heterocycles. The third-order valence-corrected chi connectivity index (χ3v) is 3.11. The van der Waals surface area contributed by atoms with Crippen LogP contribution in [0.4, 0.5) is 13.2 Å². The number of amides is 1. The fraction of sp³-hybridized carbons (Fsp3) is 0.917. The van der Waals surface area contributed by atoms with Crippen molar-refractivity contribution in [2.24, 2.45) is 5.73 Å². The van der Waals surface area contributed by atoms with Gasteiger partial charge >= 0.3 is 6.18 Å². The highest BCUT2D eigenvalue weighted by Gasteiger charge is 2.32. The number of hydrogen-bond donors (Lipinski definition) is 1. The first-order valence-electron chi connectivity index (χ1n) is 6.43. The van der Waals surface area contributed by atoms with Gasteiger partial charge in [0.15, 0.2) is 0 Å². The summed E-state index contributed by atoms with van der Waals surface area (Å²) in [7, 11) is 0. The number of rotatable bonds is 4. The van der Waals surface area contributed by atoms with E-state index in [4.69, 9.17) is 5.73 Å². The number of piperazine rings is 1. The molecule has 2 N–H and O–H groups in total. The van der Waals surface area contributed by atoms with Gasteiger partial charge in [0.05, 0.1) is 6.54 Å². The van der Waals surface area contributed by atoms with Crippen LogP contribution in [-0.2, 0) is 4.79 Å². The molecule has 1 fully saturated rings. The maximum absolute atomic E-state index is 12.2. The first kappa shape index (κ1) is 16.2. The lowest BCUT2D eigenvalue weighted by Gasteiger charge is -2.35. The minimum Gasteiger partial charge on any atom is -0.340 e. The van der Waals surface area contributed by atoms with Gasteiger partial charge in [-0.2, -0.15) is 13.2 Å². The molecule has 0 aromatic carbocycles. The third-order valence-electron chi connectivity index (χ3n) is 3.11. The van der Waals surface area contributed by atoms with E-state index in [-0.39, 0.29) is 19.0 Å². The average Bonchev–Trinajstić information content (AvgIpc) is 2.23. The third kappa shape index (κ3) is 6.77. The molecule has 19 heavy (non-hydrogen) atoms. The lowest BCUT2D eigenvalue weighted by Crippen LogP contribution is -2.51. The van der Waals surface area contributed by atoms with Gasteiger partial charge in [-0.15, -0.1) is 0 Å². The number of carbonyl (C=O) groups is 1. The van der Waals surface area contributed by atoms with Gasteiger partial charge in [-0.1, -0.05) is 0 Å². The van der Waals surface area contributed by atoms with E-state index in [2.05, 4.69) is 0 Å². The van der Waals surface area contributed by atoms with E-state index in [0.29, 0.717) is 25.9 Å². The predicted molar refractivity (Wildman–Crippen MR) is 66.6 cm³/mol. The highest BCUT2D eigenvalue weighted by molar-refractivity contribution is 5.76. The van der Waals surface area contributed by atoms with Crippen molar-refractivity contribution >= 4 is 5.91 Å². The summed E-state index contributed by atoms with van der Waals surface area (Å²) >= 11 is 0. The van der Waals surface area contributed by atoms with Crippen molar-refractivity contribution in [2.45, 2.75) is 38.4 Å². The Morgan fingerprint density at radius 1 is 1.16 bits per heavy atom. The van der Waals surface area contributed by atoms with Crippen molar-refractivity contribution < 1.29 is 18.0 Å². The summed E-state index contributed by atoms with van der Waals surface area (Å²) in [6.07, 6.45) is -3.24. The largest absolute Gasteiger partial charge is 0.401 e. The predicted octanol–water partition coefficient (Wildman–Crippen LogP) is 1.21. The van der Waals surface area contributed by atoms with E-state index in [1.54, 1.807) is 4.90 Å². The second-order valence-corrected chi connectivity index (χ2v) is 5.76. The molecule has 1 saturated heterocycles. The summed E-state index contributed by atoms with van der Waals surface area (Å²) in [5, 5.41) is 0. The van der Waals surface area contributed by atoms with Crippen molar-refractivity contribution in [1.82, 2.24) is 9.80 Å². The van der Waals surface area contributed by atoms with Gasteiger partial charge in [0.25, 0.3) is 0 Å². The number of nitrogens with zero attached hydrogens (tertiary/aromatic N) is 2. The normalized spacial score (nSPS) is 18.7. The molecular formula is C12H22F3N3O. The maximum atomic E-state index is 12.2. The second kappa shape index (κ2) is 6.09. The molecule has 112 valence electrons. The number of hydrogen-bond acceptors (Lipinski definition) is 3. The summed E-state index contributed by atoms with van der Waals surface area (Å²) in [5.74, 6) is -0.0230. The molecule has 0 saturated carbocycles. The zero-order valence-electron chi connectivity index (χ0n) is 11.5. The minimum absolute atomic E-state index is 0.0230. The zero-order valence-corrected chi connectivity index (χ0v) is 11.5. The molecule has 0 aromatic rings. The quantitative estimate of drug-likeness (QED) is 0.842. The number of carbonyl (C=O) groups excluding carboxylic acids is 1. The Balaban J connectivity index is 2.31. The Labute approximate surface area is 111 Å². The highest BCUT2D eigenvalue weighted by atomic mass is 19.4. The Hall–Kier alpha value is -0.820. The SMILES string of the molecule is CC(C)(N)CCC(=O)N1CCN(CC(F)(F)F)CC1. The Kier molecular flexibility index (Phi) is 5.20.